The van der Waals surface area contributed by atoms with Crippen LogP contribution in [0.3, 0.4) is 0 Å². The van der Waals surface area contributed by atoms with Gasteiger partial charge < -0.3 is 5.73 Å². The van der Waals surface area contributed by atoms with Crippen molar-refractivity contribution in [2.75, 3.05) is 0 Å². The summed E-state index contributed by atoms with van der Waals surface area (Å²) in [7, 11) is 0. The second kappa shape index (κ2) is 6.28. The molecular weight excluding hydrogens is 286 g/mol. The molecule has 0 bridgehead atoms. The second-order valence-electron chi connectivity index (χ2n) is 5.19. The van der Waals surface area contributed by atoms with Gasteiger partial charge in [0.1, 0.15) is 0 Å². The zero-order valence-electron chi connectivity index (χ0n) is 12.4. The Balaban J connectivity index is 2.05. The molecule has 0 heterocycles. The van der Waals surface area contributed by atoms with E-state index in [2.05, 4.69) is 0 Å². The SMILES string of the molecule is NC(=O)c1ccccc1-c1cccc(C(=O)c2ccccc2)c1. The fourth-order valence-electron chi connectivity index (χ4n) is 2.53. The van der Waals surface area contributed by atoms with Crippen LogP contribution in [0.1, 0.15) is 26.3 Å². The summed E-state index contributed by atoms with van der Waals surface area (Å²) in [5.74, 6) is -0.538. The van der Waals surface area contributed by atoms with Gasteiger partial charge in [0, 0.05) is 16.7 Å². The molecule has 0 saturated carbocycles. The fourth-order valence-corrected chi connectivity index (χ4v) is 2.53. The van der Waals surface area contributed by atoms with Crippen LogP contribution in [0.4, 0.5) is 0 Å². The Morgan fingerprint density at radius 1 is 0.696 bits per heavy atom. The normalized spacial score (nSPS) is 10.3. The van der Waals surface area contributed by atoms with Gasteiger partial charge in [0.15, 0.2) is 5.78 Å². The Hall–Kier alpha value is -3.20. The van der Waals surface area contributed by atoms with Crippen LogP contribution in [0.15, 0.2) is 78.9 Å². The van der Waals surface area contributed by atoms with E-state index in [-0.39, 0.29) is 5.78 Å². The van der Waals surface area contributed by atoms with Gasteiger partial charge in [-0.2, -0.15) is 0 Å². The molecule has 3 aromatic carbocycles. The maximum absolute atomic E-state index is 12.6. The Kier molecular flexibility index (Phi) is 4.02. The van der Waals surface area contributed by atoms with Gasteiger partial charge in [-0.15, -0.1) is 0 Å². The standard InChI is InChI=1S/C20H15NO2/c21-20(23)18-12-5-4-11-17(18)15-9-6-10-16(13-15)19(22)14-7-2-1-3-8-14/h1-13H,(H2,21,23). The van der Waals surface area contributed by atoms with Crippen molar-refractivity contribution in [3.05, 3.63) is 95.6 Å². The highest BCUT2D eigenvalue weighted by Gasteiger charge is 2.12. The van der Waals surface area contributed by atoms with Gasteiger partial charge in [0.25, 0.3) is 0 Å². The molecule has 0 radical (unpaired) electrons. The molecule has 3 rings (SSSR count). The van der Waals surface area contributed by atoms with Crippen molar-refractivity contribution in [2.45, 2.75) is 0 Å². The number of hydrogen-bond donors (Lipinski definition) is 1. The molecule has 3 nitrogen and oxygen atoms in total. The van der Waals surface area contributed by atoms with E-state index in [9.17, 15) is 9.59 Å². The molecule has 0 saturated heterocycles. The van der Waals surface area contributed by atoms with Crippen molar-refractivity contribution in [3.63, 3.8) is 0 Å². The topological polar surface area (TPSA) is 60.2 Å². The summed E-state index contributed by atoms with van der Waals surface area (Å²) >= 11 is 0. The molecule has 0 aliphatic carbocycles. The molecule has 3 aromatic rings. The molecule has 0 aliphatic heterocycles. The van der Waals surface area contributed by atoms with E-state index in [0.29, 0.717) is 16.7 Å². The van der Waals surface area contributed by atoms with Crippen molar-refractivity contribution in [2.24, 2.45) is 5.73 Å². The minimum Gasteiger partial charge on any atom is -0.366 e. The molecule has 0 fully saturated rings. The fraction of sp³-hybridized carbons (Fsp3) is 0. The van der Waals surface area contributed by atoms with E-state index in [4.69, 9.17) is 5.73 Å². The molecule has 2 N–H and O–H groups in total. The molecule has 23 heavy (non-hydrogen) atoms. The molecule has 0 unspecified atom stereocenters. The Bertz CT molecular complexity index is 870. The predicted molar refractivity (Wildman–Crippen MR) is 90.3 cm³/mol. The van der Waals surface area contributed by atoms with Crippen LogP contribution in [0, 0.1) is 0 Å². The van der Waals surface area contributed by atoms with Crippen LogP contribution >= 0.6 is 0 Å². The molecule has 0 atom stereocenters. The second-order valence-corrected chi connectivity index (χ2v) is 5.19. The van der Waals surface area contributed by atoms with Crippen molar-refractivity contribution in [1.29, 1.82) is 0 Å². The van der Waals surface area contributed by atoms with E-state index >= 15 is 0 Å². The average Bonchev–Trinajstić information content (AvgIpc) is 2.62. The van der Waals surface area contributed by atoms with Crippen LogP contribution in [0.5, 0.6) is 0 Å². The molecule has 0 aromatic heterocycles. The van der Waals surface area contributed by atoms with Gasteiger partial charge in [-0.25, -0.2) is 0 Å². The predicted octanol–water partition coefficient (Wildman–Crippen LogP) is 3.68. The quantitative estimate of drug-likeness (QED) is 0.747. The number of carbonyl (C=O) groups is 2. The molecule has 0 aliphatic rings. The van der Waals surface area contributed by atoms with Crippen molar-refractivity contribution in [1.82, 2.24) is 0 Å². The Labute approximate surface area is 134 Å². The summed E-state index contributed by atoms with van der Waals surface area (Å²) < 4.78 is 0. The van der Waals surface area contributed by atoms with Gasteiger partial charge in [-0.3, -0.25) is 9.59 Å². The molecule has 3 heteroatoms. The third-order valence-corrected chi connectivity index (χ3v) is 3.66. The van der Waals surface area contributed by atoms with Crippen LogP contribution < -0.4 is 5.73 Å². The first kappa shape index (κ1) is 14.7. The summed E-state index contributed by atoms with van der Waals surface area (Å²) in [5, 5.41) is 0. The van der Waals surface area contributed by atoms with Crippen LogP contribution in [-0.4, -0.2) is 11.7 Å². The summed E-state index contributed by atoms with van der Waals surface area (Å²) in [6.07, 6.45) is 0. The number of nitrogens with two attached hydrogens (primary N) is 1. The first-order valence-electron chi connectivity index (χ1n) is 7.26. The minimum atomic E-state index is -0.486. The van der Waals surface area contributed by atoms with E-state index in [1.165, 1.54) is 0 Å². The Morgan fingerprint density at radius 3 is 2.09 bits per heavy atom. The van der Waals surface area contributed by atoms with E-state index in [1.807, 2.05) is 42.5 Å². The van der Waals surface area contributed by atoms with Crippen molar-refractivity contribution < 1.29 is 9.59 Å². The smallest absolute Gasteiger partial charge is 0.249 e. The highest BCUT2D eigenvalue weighted by Crippen LogP contribution is 2.25. The van der Waals surface area contributed by atoms with Gasteiger partial charge in [0.05, 0.1) is 0 Å². The van der Waals surface area contributed by atoms with Gasteiger partial charge in [-0.1, -0.05) is 66.7 Å². The zero-order chi connectivity index (χ0) is 16.2. The number of ketones is 1. The summed E-state index contributed by atoms with van der Waals surface area (Å²) in [6, 6.07) is 23.5. The monoisotopic (exact) mass is 301 g/mol. The van der Waals surface area contributed by atoms with E-state index < -0.39 is 5.91 Å². The van der Waals surface area contributed by atoms with Gasteiger partial charge in [-0.05, 0) is 23.3 Å². The van der Waals surface area contributed by atoms with Crippen molar-refractivity contribution >= 4 is 11.7 Å². The molecule has 1 amide bonds. The molecular formula is C20H15NO2. The number of amides is 1. The first-order chi connectivity index (χ1) is 11.2. The lowest BCUT2D eigenvalue weighted by atomic mass is 9.95. The van der Waals surface area contributed by atoms with Crippen LogP contribution in [0.25, 0.3) is 11.1 Å². The lowest BCUT2D eigenvalue weighted by Gasteiger charge is -2.08. The molecule has 112 valence electrons. The van der Waals surface area contributed by atoms with E-state index in [0.717, 1.165) is 11.1 Å². The molecule has 0 spiro atoms. The third kappa shape index (κ3) is 3.04. The first-order valence-corrected chi connectivity index (χ1v) is 7.26. The largest absolute Gasteiger partial charge is 0.366 e. The Morgan fingerprint density at radius 2 is 1.35 bits per heavy atom. The number of benzene rings is 3. The van der Waals surface area contributed by atoms with Crippen LogP contribution in [-0.2, 0) is 0 Å². The zero-order valence-corrected chi connectivity index (χ0v) is 12.4. The van der Waals surface area contributed by atoms with Crippen molar-refractivity contribution in [3.8, 4) is 11.1 Å². The van der Waals surface area contributed by atoms with E-state index in [1.54, 1.807) is 36.4 Å². The highest BCUT2D eigenvalue weighted by molar-refractivity contribution is 6.10. The highest BCUT2D eigenvalue weighted by atomic mass is 16.1. The number of rotatable bonds is 4. The average molecular weight is 301 g/mol. The maximum atomic E-state index is 12.6. The lowest BCUT2D eigenvalue weighted by molar-refractivity contribution is 0.0999. The maximum Gasteiger partial charge on any atom is 0.249 e. The van der Waals surface area contributed by atoms with Crippen LogP contribution in [0.2, 0.25) is 0 Å². The lowest BCUT2D eigenvalue weighted by Crippen LogP contribution is -2.12. The summed E-state index contributed by atoms with van der Waals surface area (Å²) in [5.41, 5.74) is 8.60. The van der Waals surface area contributed by atoms with Gasteiger partial charge >= 0.3 is 0 Å². The summed E-state index contributed by atoms with van der Waals surface area (Å²) in [4.78, 5) is 24.1. The number of primary amides is 1. The minimum absolute atomic E-state index is 0.0518. The number of carbonyl (C=O) groups excluding carboxylic acids is 2. The summed E-state index contributed by atoms with van der Waals surface area (Å²) in [6.45, 7) is 0. The third-order valence-electron chi connectivity index (χ3n) is 3.66. The number of hydrogen-bond acceptors (Lipinski definition) is 2. The van der Waals surface area contributed by atoms with Gasteiger partial charge in [0.2, 0.25) is 5.91 Å².